The fourth-order valence-electron chi connectivity index (χ4n) is 3.74. The van der Waals surface area contributed by atoms with Crippen molar-refractivity contribution in [2.45, 2.75) is 13.0 Å². The van der Waals surface area contributed by atoms with Gasteiger partial charge in [-0.2, -0.15) is 0 Å². The first-order valence-electron chi connectivity index (χ1n) is 9.95. The number of benzene rings is 1. The maximum atomic E-state index is 13.4. The van der Waals surface area contributed by atoms with Crippen LogP contribution in [0.25, 0.3) is 5.69 Å². The first-order valence-corrected chi connectivity index (χ1v) is 9.95. The summed E-state index contributed by atoms with van der Waals surface area (Å²) >= 11 is 0. The normalized spacial score (nSPS) is 12.9. The standard InChI is InChI=1S/C23H21FN4O4/c1-26(2)22(31)20-18-9-10-27(21(30)19-8-7-17(29)11-25-19)12-14(18)13-28(23(20)32)16-5-3-15(24)4-6-16/h3-8,11,13,29H,9-10,12H2,1-2H3. The molecule has 0 saturated carbocycles. The molecule has 1 aliphatic heterocycles. The minimum absolute atomic E-state index is 0.0410. The second kappa shape index (κ2) is 8.26. The van der Waals surface area contributed by atoms with Gasteiger partial charge in [0.25, 0.3) is 17.4 Å². The van der Waals surface area contributed by atoms with Gasteiger partial charge in [-0.25, -0.2) is 9.37 Å². The summed E-state index contributed by atoms with van der Waals surface area (Å²) in [6.07, 6.45) is 3.12. The molecular weight excluding hydrogens is 415 g/mol. The summed E-state index contributed by atoms with van der Waals surface area (Å²) in [5.74, 6) is -1.23. The summed E-state index contributed by atoms with van der Waals surface area (Å²) in [5, 5.41) is 9.41. The van der Waals surface area contributed by atoms with Gasteiger partial charge in [-0.3, -0.25) is 19.0 Å². The zero-order valence-corrected chi connectivity index (χ0v) is 17.6. The van der Waals surface area contributed by atoms with E-state index in [-0.39, 0.29) is 29.5 Å². The van der Waals surface area contributed by atoms with Gasteiger partial charge in [-0.05, 0) is 53.9 Å². The van der Waals surface area contributed by atoms with Gasteiger partial charge >= 0.3 is 0 Å². The van der Waals surface area contributed by atoms with E-state index in [1.165, 1.54) is 52.1 Å². The Labute approximate surface area is 183 Å². The smallest absolute Gasteiger partial charge is 0.272 e. The highest BCUT2D eigenvalue weighted by atomic mass is 19.1. The molecule has 1 aromatic carbocycles. The number of aromatic hydroxyl groups is 1. The highest BCUT2D eigenvalue weighted by Gasteiger charge is 2.29. The number of nitrogens with zero attached hydrogens (tertiary/aromatic N) is 4. The number of hydrogen-bond acceptors (Lipinski definition) is 5. The summed E-state index contributed by atoms with van der Waals surface area (Å²) in [6.45, 7) is 0.480. The largest absolute Gasteiger partial charge is 0.506 e. The molecule has 0 aliphatic carbocycles. The Morgan fingerprint density at radius 2 is 1.84 bits per heavy atom. The molecule has 0 spiro atoms. The lowest BCUT2D eigenvalue weighted by molar-refractivity contribution is 0.0727. The van der Waals surface area contributed by atoms with E-state index in [1.807, 2.05) is 0 Å². The quantitative estimate of drug-likeness (QED) is 0.677. The fraction of sp³-hybridized carbons (Fsp3) is 0.217. The van der Waals surface area contributed by atoms with E-state index in [1.54, 1.807) is 25.2 Å². The van der Waals surface area contributed by atoms with Crippen LogP contribution in [0, 0.1) is 5.82 Å². The van der Waals surface area contributed by atoms with Crippen LogP contribution in [0.3, 0.4) is 0 Å². The maximum absolute atomic E-state index is 13.4. The minimum atomic E-state index is -0.492. The van der Waals surface area contributed by atoms with Crippen molar-refractivity contribution in [3.63, 3.8) is 0 Å². The Balaban J connectivity index is 1.80. The molecule has 3 aromatic rings. The molecule has 0 fully saturated rings. The summed E-state index contributed by atoms with van der Waals surface area (Å²) in [5.41, 5.74) is 1.41. The number of fused-ring (bicyclic) bond motifs is 1. The second-order valence-corrected chi connectivity index (χ2v) is 7.74. The van der Waals surface area contributed by atoms with Gasteiger partial charge in [0.2, 0.25) is 0 Å². The molecule has 1 N–H and O–H groups in total. The maximum Gasteiger partial charge on any atom is 0.272 e. The molecule has 2 amide bonds. The van der Waals surface area contributed by atoms with Crippen molar-refractivity contribution in [1.82, 2.24) is 19.4 Å². The lowest BCUT2D eigenvalue weighted by Crippen LogP contribution is -2.41. The first kappa shape index (κ1) is 21.2. The van der Waals surface area contributed by atoms with E-state index in [0.29, 0.717) is 29.8 Å². The van der Waals surface area contributed by atoms with Crippen LogP contribution < -0.4 is 5.56 Å². The Bertz CT molecular complexity index is 1250. The van der Waals surface area contributed by atoms with Crippen molar-refractivity contribution in [2.24, 2.45) is 0 Å². The molecule has 164 valence electrons. The Kier molecular flexibility index (Phi) is 5.48. The van der Waals surface area contributed by atoms with E-state index >= 15 is 0 Å². The third-order valence-electron chi connectivity index (χ3n) is 5.38. The average Bonchev–Trinajstić information content (AvgIpc) is 2.78. The van der Waals surface area contributed by atoms with Crippen molar-refractivity contribution in [1.29, 1.82) is 0 Å². The van der Waals surface area contributed by atoms with Gasteiger partial charge in [0, 0.05) is 39.1 Å². The second-order valence-electron chi connectivity index (χ2n) is 7.74. The number of aromatic nitrogens is 2. The molecule has 2 aromatic heterocycles. The lowest BCUT2D eigenvalue weighted by Gasteiger charge is -2.30. The third kappa shape index (κ3) is 3.84. The zero-order chi connectivity index (χ0) is 23.0. The van der Waals surface area contributed by atoms with Gasteiger partial charge in [-0.1, -0.05) is 0 Å². The van der Waals surface area contributed by atoms with Crippen LogP contribution in [-0.4, -0.2) is 56.9 Å². The number of hydrogen-bond donors (Lipinski definition) is 1. The number of rotatable bonds is 3. The number of pyridine rings is 2. The third-order valence-corrected chi connectivity index (χ3v) is 5.38. The van der Waals surface area contributed by atoms with Crippen molar-refractivity contribution < 1.29 is 19.1 Å². The lowest BCUT2D eigenvalue weighted by atomic mass is 9.95. The Morgan fingerprint density at radius 1 is 1.12 bits per heavy atom. The number of carbonyl (C=O) groups is 2. The van der Waals surface area contributed by atoms with E-state index < -0.39 is 17.3 Å². The van der Waals surface area contributed by atoms with Crippen LogP contribution in [0.1, 0.15) is 32.0 Å². The van der Waals surface area contributed by atoms with Crippen molar-refractivity contribution in [2.75, 3.05) is 20.6 Å². The fourth-order valence-corrected chi connectivity index (χ4v) is 3.74. The van der Waals surface area contributed by atoms with E-state index in [4.69, 9.17) is 0 Å². The molecule has 0 bridgehead atoms. The SMILES string of the molecule is CN(C)C(=O)c1c2c(cn(-c3ccc(F)cc3)c1=O)CN(C(=O)c1ccc(O)cn1)CC2. The van der Waals surface area contributed by atoms with Crippen molar-refractivity contribution in [3.8, 4) is 11.4 Å². The predicted octanol–water partition coefficient (Wildman–Crippen LogP) is 1.98. The van der Waals surface area contributed by atoms with Crippen LogP contribution >= 0.6 is 0 Å². The van der Waals surface area contributed by atoms with Crippen LogP contribution in [0.5, 0.6) is 5.75 Å². The van der Waals surface area contributed by atoms with Crippen LogP contribution in [0.2, 0.25) is 0 Å². The molecule has 0 saturated heterocycles. The van der Waals surface area contributed by atoms with Gasteiger partial charge in [0.05, 0.1) is 6.20 Å². The van der Waals surface area contributed by atoms with Crippen LogP contribution in [-0.2, 0) is 13.0 Å². The molecular formula is C23H21FN4O4. The van der Waals surface area contributed by atoms with E-state index in [2.05, 4.69) is 4.98 Å². The molecule has 0 radical (unpaired) electrons. The van der Waals surface area contributed by atoms with Gasteiger partial charge in [0.15, 0.2) is 0 Å². The van der Waals surface area contributed by atoms with E-state index in [9.17, 15) is 23.9 Å². The van der Waals surface area contributed by atoms with Crippen LogP contribution in [0.15, 0.2) is 53.6 Å². The minimum Gasteiger partial charge on any atom is -0.506 e. The molecule has 0 unspecified atom stereocenters. The topological polar surface area (TPSA) is 95.7 Å². The monoisotopic (exact) mass is 436 g/mol. The Hall–Kier alpha value is -4.01. The van der Waals surface area contributed by atoms with Gasteiger partial charge in [-0.15, -0.1) is 0 Å². The van der Waals surface area contributed by atoms with Crippen LogP contribution in [0.4, 0.5) is 4.39 Å². The molecule has 3 heterocycles. The summed E-state index contributed by atoms with van der Waals surface area (Å²) in [4.78, 5) is 45.9. The molecule has 1 aliphatic rings. The average molecular weight is 436 g/mol. The molecule has 9 heteroatoms. The predicted molar refractivity (Wildman–Crippen MR) is 114 cm³/mol. The first-order chi connectivity index (χ1) is 15.3. The Morgan fingerprint density at radius 3 is 2.47 bits per heavy atom. The molecule has 8 nitrogen and oxygen atoms in total. The highest BCUT2D eigenvalue weighted by molar-refractivity contribution is 5.96. The number of amides is 2. The number of carbonyl (C=O) groups excluding carboxylic acids is 2. The van der Waals surface area contributed by atoms with Gasteiger partial charge in [0.1, 0.15) is 22.8 Å². The van der Waals surface area contributed by atoms with E-state index in [0.717, 1.165) is 0 Å². The molecule has 0 atom stereocenters. The highest BCUT2D eigenvalue weighted by Crippen LogP contribution is 2.24. The zero-order valence-electron chi connectivity index (χ0n) is 17.6. The summed E-state index contributed by atoms with van der Waals surface area (Å²) < 4.78 is 14.7. The van der Waals surface area contributed by atoms with Crippen molar-refractivity contribution >= 4 is 11.8 Å². The number of halogens is 1. The summed E-state index contributed by atoms with van der Waals surface area (Å²) in [6, 6.07) is 8.21. The molecule has 4 rings (SSSR count). The molecule has 32 heavy (non-hydrogen) atoms. The summed E-state index contributed by atoms with van der Waals surface area (Å²) in [7, 11) is 3.14. The van der Waals surface area contributed by atoms with Gasteiger partial charge < -0.3 is 14.9 Å². The van der Waals surface area contributed by atoms with Crippen molar-refractivity contribution in [3.05, 3.63) is 87.3 Å².